The number of phenolic OH excluding ortho intramolecular Hbond substituents is 1. The zero-order chi connectivity index (χ0) is 11.6. The zero-order valence-corrected chi connectivity index (χ0v) is 8.50. The molecule has 0 aromatic heterocycles. The Kier molecular flexibility index (Phi) is 3.14. The molecule has 0 amide bonds. The summed E-state index contributed by atoms with van der Waals surface area (Å²) in [5.41, 5.74) is 3.83. The molecule has 0 fully saturated rings. The second-order valence-corrected chi connectivity index (χ2v) is 3.47. The van der Waals surface area contributed by atoms with Gasteiger partial charge in [-0.15, -0.1) is 0 Å². The lowest BCUT2D eigenvalue weighted by atomic mass is 9.93. The standard InChI is InChI=1S/C10H13F2NO2/c1-10(13,9(11)12)6-3-4-8(15-2)7(14)5-6/h3-5,9,14H,13H2,1-2H3. The maximum absolute atomic E-state index is 12.6. The molecule has 3 nitrogen and oxygen atoms in total. The van der Waals surface area contributed by atoms with E-state index in [1.807, 2.05) is 0 Å². The fraction of sp³-hybridized carbons (Fsp3) is 0.400. The summed E-state index contributed by atoms with van der Waals surface area (Å²) in [6, 6.07) is 3.99. The van der Waals surface area contributed by atoms with Gasteiger partial charge in [-0.2, -0.15) is 0 Å². The van der Waals surface area contributed by atoms with E-state index in [2.05, 4.69) is 0 Å². The molecule has 0 bridgehead atoms. The van der Waals surface area contributed by atoms with Crippen molar-refractivity contribution in [1.29, 1.82) is 0 Å². The van der Waals surface area contributed by atoms with Crippen LogP contribution < -0.4 is 10.5 Å². The highest BCUT2D eigenvalue weighted by Gasteiger charge is 2.32. The normalized spacial score (nSPS) is 15.1. The minimum Gasteiger partial charge on any atom is -0.504 e. The van der Waals surface area contributed by atoms with Crippen molar-refractivity contribution >= 4 is 0 Å². The molecule has 0 aliphatic heterocycles. The average molecular weight is 217 g/mol. The molecule has 15 heavy (non-hydrogen) atoms. The van der Waals surface area contributed by atoms with Crippen LogP contribution in [0.1, 0.15) is 12.5 Å². The smallest absolute Gasteiger partial charge is 0.260 e. The van der Waals surface area contributed by atoms with E-state index in [0.29, 0.717) is 0 Å². The van der Waals surface area contributed by atoms with Gasteiger partial charge < -0.3 is 15.6 Å². The average Bonchev–Trinajstić information content (AvgIpc) is 2.17. The summed E-state index contributed by atoms with van der Waals surface area (Å²) in [6.45, 7) is 1.21. The Labute approximate surface area is 86.5 Å². The number of halogens is 2. The molecule has 0 heterocycles. The number of hydrogen-bond acceptors (Lipinski definition) is 3. The molecular weight excluding hydrogens is 204 g/mol. The van der Waals surface area contributed by atoms with Crippen molar-refractivity contribution in [2.45, 2.75) is 18.9 Å². The number of rotatable bonds is 3. The van der Waals surface area contributed by atoms with Gasteiger partial charge in [0.15, 0.2) is 11.5 Å². The van der Waals surface area contributed by atoms with Gasteiger partial charge in [0.05, 0.1) is 12.6 Å². The van der Waals surface area contributed by atoms with Crippen LogP contribution in [0.4, 0.5) is 8.78 Å². The molecule has 5 heteroatoms. The third kappa shape index (κ3) is 2.18. The van der Waals surface area contributed by atoms with Crippen LogP contribution >= 0.6 is 0 Å². The molecule has 0 spiro atoms. The molecule has 84 valence electrons. The van der Waals surface area contributed by atoms with Crippen LogP contribution in [0, 0.1) is 0 Å². The first-order valence-corrected chi connectivity index (χ1v) is 4.34. The van der Waals surface area contributed by atoms with Crippen molar-refractivity contribution in [3.8, 4) is 11.5 Å². The molecule has 0 saturated carbocycles. The minimum atomic E-state index is -2.70. The first-order chi connectivity index (χ1) is 6.89. The Morgan fingerprint density at radius 3 is 2.47 bits per heavy atom. The molecule has 1 unspecified atom stereocenters. The van der Waals surface area contributed by atoms with Crippen LogP contribution in [0.25, 0.3) is 0 Å². The van der Waals surface area contributed by atoms with E-state index in [9.17, 15) is 13.9 Å². The van der Waals surface area contributed by atoms with Gasteiger partial charge in [0.1, 0.15) is 0 Å². The number of phenols is 1. The van der Waals surface area contributed by atoms with Gasteiger partial charge in [0.2, 0.25) is 0 Å². The molecule has 1 aromatic carbocycles. The van der Waals surface area contributed by atoms with Crippen molar-refractivity contribution in [3.63, 3.8) is 0 Å². The Hall–Kier alpha value is -1.36. The van der Waals surface area contributed by atoms with Crippen molar-refractivity contribution in [2.24, 2.45) is 5.73 Å². The number of ether oxygens (including phenoxy) is 1. The zero-order valence-electron chi connectivity index (χ0n) is 8.50. The summed E-state index contributed by atoms with van der Waals surface area (Å²) in [7, 11) is 1.38. The van der Waals surface area contributed by atoms with Crippen LogP contribution in [-0.2, 0) is 5.54 Å². The number of aromatic hydroxyl groups is 1. The maximum atomic E-state index is 12.6. The second-order valence-electron chi connectivity index (χ2n) is 3.47. The van der Waals surface area contributed by atoms with Gasteiger partial charge in [0, 0.05) is 0 Å². The second kappa shape index (κ2) is 4.02. The summed E-state index contributed by atoms with van der Waals surface area (Å²) in [4.78, 5) is 0. The largest absolute Gasteiger partial charge is 0.504 e. The molecule has 3 N–H and O–H groups in total. The van der Waals surface area contributed by atoms with Gasteiger partial charge in [-0.05, 0) is 24.6 Å². The summed E-state index contributed by atoms with van der Waals surface area (Å²) >= 11 is 0. The SMILES string of the molecule is COc1ccc(C(C)(N)C(F)F)cc1O. The quantitative estimate of drug-likeness (QED) is 0.812. The topological polar surface area (TPSA) is 55.5 Å². The number of nitrogens with two attached hydrogens (primary N) is 1. The van der Waals surface area contributed by atoms with Gasteiger partial charge in [-0.1, -0.05) is 6.07 Å². The Balaban J connectivity index is 3.12. The van der Waals surface area contributed by atoms with Crippen molar-refractivity contribution in [1.82, 2.24) is 0 Å². The minimum absolute atomic E-state index is 0.163. The maximum Gasteiger partial charge on any atom is 0.260 e. The van der Waals surface area contributed by atoms with E-state index in [1.54, 1.807) is 0 Å². The number of hydrogen-bond donors (Lipinski definition) is 2. The molecule has 1 atom stereocenters. The van der Waals surface area contributed by atoms with E-state index in [1.165, 1.54) is 32.2 Å². The van der Waals surface area contributed by atoms with Crippen LogP contribution in [0.15, 0.2) is 18.2 Å². The summed E-state index contributed by atoms with van der Waals surface area (Å²) in [5, 5.41) is 9.41. The van der Waals surface area contributed by atoms with Crippen molar-refractivity contribution < 1.29 is 18.6 Å². The molecule has 1 rings (SSSR count). The lowest BCUT2D eigenvalue weighted by Gasteiger charge is -2.24. The fourth-order valence-electron chi connectivity index (χ4n) is 1.15. The number of alkyl halides is 2. The van der Waals surface area contributed by atoms with Crippen molar-refractivity contribution in [2.75, 3.05) is 7.11 Å². The van der Waals surface area contributed by atoms with Gasteiger partial charge in [-0.25, -0.2) is 8.78 Å². The molecule has 1 aromatic rings. The van der Waals surface area contributed by atoms with E-state index >= 15 is 0 Å². The van der Waals surface area contributed by atoms with Crippen LogP contribution in [-0.4, -0.2) is 18.6 Å². The van der Waals surface area contributed by atoms with Gasteiger partial charge in [0.25, 0.3) is 6.43 Å². The highest BCUT2D eigenvalue weighted by molar-refractivity contribution is 5.43. The van der Waals surface area contributed by atoms with E-state index < -0.39 is 12.0 Å². The van der Waals surface area contributed by atoms with Gasteiger partial charge in [-0.3, -0.25) is 0 Å². The summed E-state index contributed by atoms with van der Waals surface area (Å²) < 4.78 is 29.9. The monoisotopic (exact) mass is 217 g/mol. The van der Waals surface area contributed by atoms with Crippen LogP contribution in [0.3, 0.4) is 0 Å². The van der Waals surface area contributed by atoms with E-state index in [4.69, 9.17) is 10.5 Å². The summed E-state index contributed by atoms with van der Waals surface area (Å²) in [6.07, 6.45) is -2.70. The predicted molar refractivity (Wildman–Crippen MR) is 52.2 cm³/mol. The lowest BCUT2D eigenvalue weighted by Crippen LogP contribution is -2.40. The predicted octanol–water partition coefficient (Wildman–Crippen LogP) is 1.84. The first-order valence-electron chi connectivity index (χ1n) is 4.34. The molecule has 0 saturated heterocycles. The third-order valence-corrected chi connectivity index (χ3v) is 2.25. The van der Waals surface area contributed by atoms with Crippen LogP contribution in [0.2, 0.25) is 0 Å². The third-order valence-electron chi connectivity index (χ3n) is 2.25. The lowest BCUT2D eigenvalue weighted by molar-refractivity contribution is 0.0624. The van der Waals surface area contributed by atoms with Gasteiger partial charge >= 0.3 is 0 Å². The Morgan fingerprint density at radius 2 is 2.07 bits per heavy atom. The molecule has 0 radical (unpaired) electrons. The van der Waals surface area contributed by atoms with Crippen molar-refractivity contribution in [3.05, 3.63) is 23.8 Å². The molecular formula is C10H13F2NO2. The highest BCUT2D eigenvalue weighted by Crippen LogP contribution is 2.32. The fourth-order valence-corrected chi connectivity index (χ4v) is 1.15. The number of methoxy groups -OCH3 is 1. The first kappa shape index (κ1) is 11.7. The summed E-state index contributed by atoms with van der Waals surface area (Å²) in [5.74, 6) is 0.0242. The van der Waals surface area contributed by atoms with E-state index in [0.717, 1.165) is 0 Å². The number of benzene rings is 1. The van der Waals surface area contributed by atoms with Crippen LogP contribution in [0.5, 0.6) is 11.5 Å². The Morgan fingerprint density at radius 1 is 1.47 bits per heavy atom. The molecule has 0 aliphatic rings. The highest BCUT2D eigenvalue weighted by atomic mass is 19.3. The molecule has 0 aliphatic carbocycles. The Bertz CT molecular complexity index is 353. The van der Waals surface area contributed by atoms with E-state index in [-0.39, 0.29) is 17.1 Å².